The van der Waals surface area contributed by atoms with Crippen LogP contribution in [0.25, 0.3) is 0 Å². The highest BCUT2D eigenvalue weighted by molar-refractivity contribution is 5.93. The van der Waals surface area contributed by atoms with Crippen LogP contribution in [0.2, 0.25) is 0 Å². The number of nitrogens with zero attached hydrogens (tertiary/aromatic N) is 3. The Hall–Kier alpha value is -2.41. The molecule has 1 saturated heterocycles. The second-order valence-corrected chi connectivity index (χ2v) is 7.20. The number of hydrogen-bond acceptors (Lipinski definition) is 4. The van der Waals surface area contributed by atoms with Crippen LogP contribution in [0.1, 0.15) is 47.9 Å². The summed E-state index contributed by atoms with van der Waals surface area (Å²) >= 11 is 0. The normalized spacial score (nSPS) is 19.5. The van der Waals surface area contributed by atoms with E-state index in [1.54, 1.807) is 29.6 Å². The third kappa shape index (κ3) is 2.67. The van der Waals surface area contributed by atoms with Crippen LogP contribution < -0.4 is 5.56 Å². The third-order valence-electron chi connectivity index (χ3n) is 5.82. The number of nitrogens with one attached hydrogen (secondary N) is 2. The first-order valence-electron chi connectivity index (χ1n) is 9.40. The van der Waals surface area contributed by atoms with E-state index in [1.165, 1.54) is 5.69 Å². The molecule has 1 fully saturated rings. The fourth-order valence-corrected chi connectivity index (χ4v) is 4.51. The highest BCUT2D eigenvalue weighted by Crippen LogP contribution is 2.42. The summed E-state index contributed by atoms with van der Waals surface area (Å²) in [6, 6.07) is 3.29. The van der Waals surface area contributed by atoms with Gasteiger partial charge in [-0.1, -0.05) is 6.92 Å². The van der Waals surface area contributed by atoms with E-state index in [0.717, 1.165) is 44.5 Å². The second-order valence-electron chi connectivity index (χ2n) is 7.20. The summed E-state index contributed by atoms with van der Waals surface area (Å²) in [5.41, 5.74) is 2.19. The lowest BCUT2D eigenvalue weighted by molar-refractivity contribution is 0.00703. The predicted molar refractivity (Wildman–Crippen MR) is 98.0 cm³/mol. The number of aromatic amines is 2. The number of likely N-dealkylation sites (tertiary alicyclic amines) is 1. The maximum atomic E-state index is 12.8. The van der Waals surface area contributed by atoms with E-state index in [1.807, 2.05) is 0 Å². The van der Waals surface area contributed by atoms with Crippen LogP contribution in [0.4, 0.5) is 0 Å². The molecule has 1 spiro atoms. The number of pyridine rings is 1. The molecule has 7 heteroatoms. The van der Waals surface area contributed by atoms with Crippen molar-refractivity contribution in [2.45, 2.75) is 38.1 Å². The zero-order valence-corrected chi connectivity index (χ0v) is 15.1. The average Bonchev–Trinajstić information content (AvgIpc) is 3.15. The first kappa shape index (κ1) is 17.0. The molecule has 0 saturated carbocycles. The van der Waals surface area contributed by atoms with Crippen LogP contribution in [-0.4, -0.2) is 56.8 Å². The number of fused-ring (bicyclic) bond motifs is 2. The Labute approximate surface area is 152 Å². The van der Waals surface area contributed by atoms with Gasteiger partial charge in [0.1, 0.15) is 5.56 Å². The SMILES string of the molecule is CCCN1CCc2[nH]cnc2C12CCN(C(=O)c1ccc[nH]c1=O)CC2. The Balaban J connectivity index is 1.58. The van der Waals surface area contributed by atoms with Crippen molar-refractivity contribution in [3.63, 3.8) is 0 Å². The summed E-state index contributed by atoms with van der Waals surface area (Å²) in [6.45, 7) is 5.54. The molecule has 0 unspecified atom stereocenters. The van der Waals surface area contributed by atoms with Crippen molar-refractivity contribution in [3.8, 4) is 0 Å². The molecule has 2 aliphatic heterocycles. The van der Waals surface area contributed by atoms with Crippen molar-refractivity contribution in [2.75, 3.05) is 26.2 Å². The number of carbonyl (C=O) groups is 1. The molecule has 1 amide bonds. The Morgan fingerprint density at radius 2 is 2.08 bits per heavy atom. The molecule has 7 nitrogen and oxygen atoms in total. The van der Waals surface area contributed by atoms with Crippen LogP contribution in [0.15, 0.2) is 29.5 Å². The van der Waals surface area contributed by atoms with E-state index in [4.69, 9.17) is 0 Å². The minimum atomic E-state index is -0.322. The minimum absolute atomic E-state index is 0.0938. The lowest BCUT2D eigenvalue weighted by Gasteiger charge is -2.50. The first-order valence-corrected chi connectivity index (χ1v) is 9.40. The van der Waals surface area contributed by atoms with E-state index in [-0.39, 0.29) is 22.6 Å². The zero-order chi connectivity index (χ0) is 18.1. The molecule has 2 aromatic rings. The zero-order valence-electron chi connectivity index (χ0n) is 15.1. The number of rotatable bonds is 3. The molecular formula is C19H25N5O2. The fourth-order valence-electron chi connectivity index (χ4n) is 4.51. The van der Waals surface area contributed by atoms with Crippen LogP contribution in [-0.2, 0) is 12.0 Å². The molecule has 138 valence electrons. The molecule has 2 aromatic heterocycles. The van der Waals surface area contributed by atoms with Crippen molar-refractivity contribution < 1.29 is 4.79 Å². The van der Waals surface area contributed by atoms with Crippen LogP contribution in [0.3, 0.4) is 0 Å². The van der Waals surface area contributed by atoms with E-state index < -0.39 is 0 Å². The van der Waals surface area contributed by atoms with Crippen molar-refractivity contribution in [2.24, 2.45) is 0 Å². The summed E-state index contributed by atoms with van der Waals surface area (Å²) < 4.78 is 0. The summed E-state index contributed by atoms with van der Waals surface area (Å²) in [5.74, 6) is -0.179. The number of piperidine rings is 1. The number of carbonyl (C=O) groups excluding carboxylic acids is 1. The van der Waals surface area contributed by atoms with Crippen molar-refractivity contribution >= 4 is 5.91 Å². The molecule has 2 aliphatic rings. The highest BCUT2D eigenvalue weighted by atomic mass is 16.2. The quantitative estimate of drug-likeness (QED) is 0.874. The molecular weight excluding hydrogens is 330 g/mol. The molecule has 4 rings (SSSR count). The van der Waals surface area contributed by atoms with E-state index in [2.05, 4.69) is 26.8 Å². The Morgan fingerprint density at radius 3 is 2.81 bits per heavy atom. The van der Waals surface area contributed by atoms with Crippen molar-refractivity contribution in [3.05, 3.63) is 52.0 Å². The molecule has 0 aliphatic carbocycles. The lowest BCUT2D eigenvalue weighted by Crippen LogP contribution is -2.57. The van der Waals surface area contributed by atoms with Gasteiger partial charge in [0, 0.05) is 37.9 Å². The maximum Gasteiger partial charge on any atom is 0.260 e. The van der Waals surface area contributed by atoms with Gasteiger partial charge in [-0.15, -0.1) is 0 Å². The standard InChI is InChI=1S/C19H25N5O2/c1-2-9-24-10-5-15-16(22-13-21-15)19(24)6-11-23(12-7-19)18(26)14-4-3-8-20-17(14)25/h3-4,8,13H,2,5-7,9-12H2,1H3,(H,20,25)(H,21,22). The van der Waals surface area contributed by atoms with Gasteiger partial charge in [0.2, 0.25) is 0 Å². The number of hydrogen-bond donors (Lipinski definition) is 2. The number of imidazole rings is 1. The van der Waals surface area contributed by atoms with E-state index >= 15 is 0 Å². The topological polar surface area (TPSA) is 85.1 Å². The molecule has 4 heterocycles. The fraction of sp³-hybridized carbons (Fsp3) is 0.526. The second kappa shape index (κ2) is 6.72. The maximum absolute atomic E-state index is 12.8. The minimum Gasteiger partial charge on any atom is -0.348 e. The van der Waals surface area contributed by atoms with Gasteiger partial charge in [-0.2, -0.15) is 0 Å². The largest absolute Gasteiger partial charge is 0.348 e. The van der Waals surface area contributed by atoms with Gasteiger partial charge in [0.05, 0.1) is 17.6 Å². The molecule has 0 radical (unpaired) electrons. The monoisotopic (exact) mass is 355 g/mol. The van der Waals surface area contributed by atoms with Gasteiger partial charge >= 0.3 is 0 Å². The summed E-state index contributed by atoms with van der Waals surface area (Å²) in [7, 11) is 0. The van der Waals surface area contributed by atoms with Crippen LogP contribution in [0, 0.1) is 0 Å². The van der Waals surface area contributed by atoms with Gasteiger partial charge < -0.3 is 14.9 Å². The summed E-state index contributed by atoms with van der Waals surface area (Å²) in [6.07, 6.45) is 7.14. The van der Waals surface area contributed by atoms with E-state index in [0.29, 0.717) is 13.1 Å². The summed E-state index contributed by atoms with van der Waals surface area (Å²) in [4.78, 5) is 39.6. The summed E-state index contributed by atoms with van der Waals surface area (Å²) in [5, 5.41) is 0. The Bertz CT molecular complexity index is 847. The van der Waals surface area contributed by atoms with Gasteiger partial charge in [-0.3, -0.25) is 14.5 Å². The van der Waals surface area contributed by atoms with E-state index in [9.17, 15) is 9.59 Å². The Kier molecular flexibility index (Phi) is 4.40. The molecule has 26 heavy (non-hydrogen) atoms. The lowest BCUT2D eigenvalue weighted by atomic mass is 9.78. The van der Waals surface area contributed by atoms with Gasteiger partial charge in [-0.05, 0) is 37.9 Å². The third-order valence-corrected chi connectivity index (χ3v) is 5.82. The van der Waals surface area contributed by atoms with Crippen LogP contribution >= 0.6 is 0 Å². The Morgan fingerprint density at radius 1 is 1.27 bits per heavy atom. The molecule has 0 bridgehead atoms. The molecule has 2 N–H and O–H groups in total. The van der Waals surface area contributed by atoms with Gasteiger partial charge in [0.25, 0.3) is 11.5 Å². The van der Waals surface area contributed by atoms with Crippen molar-refractivity contribution in [1.82, 2.24) is 24.8 Å². The average molecular weight is 355 g/mol. The van der Waals surface area contributed by atoms with Gasteiger partial charge in [-0.25, -0.2) is 4.98 Å². The molecule has 0 aromatic carbocycles. The first-order chi connectivity index (χ1) is 12.7. The van der Waals surface area contributed by atoms with Crippen molar-refractivity contribution in [1.29, 1.82) is 0 Å². The predicted octanol–water partition coefficient (Wildman–Crippen LogP) is 1.50. The number of H-pyrrole nitrogens is 2. The highest BCUT2D eigenvalue weighted by Gasteiger charge is 2.46. The number of amides is 1. The van der Waals surface area contributed by atoms with Crippen LogP contribution in [0.5, 0.6) is 0 Å². The molecule has 0 atom stereocenters. The van der Waals surface area contributed by atoms with Gasteiger partial charge in [0.15, 0.2) is 0 Å². The smallest absolute Gasteiger partial charge is 0.260 e. The number of aromatic nitrogens is 3.